The maximum atomic E-state index is 14.9. The van der Waals surface area contributed by atoms with Gasteiger partial charge in [0.1, 0.15) is 11.7 Å². The third kappa shape index (κ3) is 6.91. The number of rotatable bonds is 9. The van der Waals surface area contributed by atoms with Crippen molar-refractivity contribution in [1.82, 2.24) is 15.1 Å². The number of halogens is 2. The molecule has 1 atom stereocenters. The summed E-state index contributed by atoms with van der Waals surface area (Å²) in [5.74, 6) is -2.34. The van der Waals surface area contributed by atoms with Gasteiger partial charge in [0.25, 0.3) is 0 Å². The van der Waals surface area contributed by atoms with E-state index in [1.807, 2.05) is 0 Å². The van der Waals surface area contributed by atoms with E-state index in [0.717, 1.165) is 52.1 Å². The number of carbonyl (C=O) groups is 3. The van der Waals surface area contributed by atoms with Gasteiger partial charge in [0.15, 0.2) is 11.6 Å². The molecule has 36 heavy (non-hydrogen) atoms. The second kappa shape index (κ2) is 12.0. The van der Waals surface area contributed by atoms with Crippen LogP contribution in [-0.2, 0) is 14.4 Å². The predicted molar refractivity (Wildman–Crippen MR) is 131 cm³/mol. The number of carboxylic acids is 1. The number of carboxylic acid groups (broad SMARTS) is 1. The number of amides is 2. The van der Waals surface area contributed by atoms with Gasteiger partial charge in [-0.15, -0.1) is 0 Å². The van der Waals surface area contributed by atoms with Crippen molar-refractivity contribution in [2.45, 2.75) is 44.6 Å². The normalized spacial score (nSPS) is 22.5. The molecule has 3 fully saturated rings. The first-order valence-electron chi connectivity index (χ1n) is 12.8. The van der Waals surface area contributed by atoms with Crippen LogP contribution in [0.4, 0.5) is 20.2 Å². The van der Waals surface area contributed by atoms with Gasteiger partial charge in [0, 0.05) is 51.3 Å². The Hall–Kier alpha value is -2.79. The maximum absolute atomic E-state index is 14.9. The Balaban J connectivity index is 1.23. The molecule has 198 valence electrons. The molecule has 3 N–H and O–H groups in total. The molecule has 0 aliphatic carbocycles. The number of benzene rings is 1. The van der Waals surface area contributed by atoms with E-state index >= 15 is 0 Å². The Labute approximate surface area is 209 Å². The van der Waals surface area contributed by atoms with Gasteiger partial charge in [-0.25, -0.2) is 8.78 Å². The molecule has 1 aromatic rings. The summed E-state index contributed by atoms with van der Waals surface area (Å²) in [6, 6.07) is 1.71. The monoisotopic (exact) mass is 507 g/mol. The minimum atomic E-state index is -0.747. The molecule has 0 bridgehead atoms. The van der Waals surface area contributed by atoms with Crippen LogP contribution in [-0.4, -0.2) is 91.1 Å². The molecule has 3 aliphatic heterocycles. The largest absolute Gasteiger partial charge is 0.481 e. The lowest BCUT2D eigenvalue weighted by Crippen LogP contribution is -2.49. The van der Waals surface area contributed by atoms with Crippen LogP contribution in [0.15, 0.2) is 12.1 Å². The second-order valence-electron chi connectivity index (χ2n) is 10.0. The van der Waals surface area contributed by atoms with Crippen LogP contribution in [0.25, 0.3) is 0 Å². The van der Waals surface area contributed by atoms with E-state index in [1.165, 1.54) is 12.1 Å². The minimum absolute atomic E-state index is 0.0434. The number of nitrogens with one attached hydrogen (secondary N) is 2. The predicted octanol–water partition coefficient (Wildman–Crippen LogP) is 1.88. The molecule has 11 heteroatoms. The van der Waals surface area contributed by atoms with E-state index in [1.54, 1.807) is 4.90 Å². The summed E-state index contributed by atoms with van der Waals surface area (Å²) in [4.78, 5) is 40.3. The molecule has 2 amide bonds. The number of hydrogen-bond acceptors (Lipinski definition) is 7. The minimum Gasteiger partial charge on any atom is -0.481 e. The van der Waals surface area contributed by atoms with Gasteiger partial charge in [-0.05, 0) is 63.4 Å². The molecule has 9 nitrogen and oxygen atoms in total. The van der Waals surface area contributed by atoms with Crippen LogP contribution in [0.5, 0.6) is 0 Å². The lowest BCUT2D eigenvalue weighted by atomic mass is 9.95. The molecule has 3 heterocycles. The Kier molecular flexibility index (Phi) is 8.73. The van der Waals surface area contributed by atoms with E-state index in [0.29, 0.717) is 25.4 Å². The topological polar surface area (TPSA) is 105 Å². The van der Waals surface area contributed by atoms with Crippen LogP contribution in [0.2, 0.25) is 0 Å². The third-order valence-electron chi connectivity index (χ3n) is 7.37. The Morgan fingerprint density at radius 3 is 2.28 bits per heavy atom. The molecule has 0 spiro atoms. The van der Waals surface area contributed by atoms with Crippen molar-refractivity contribution in [2.75, 3.05) is 62.6 Å². The average molecular weight is 508 g/mol. The summed E-state index contributed by atoms with van der Waals surface area (Å²) >= 11 is 0. The molecule has 1 aromatic carbocycles. The standard InChI is InChI=1S/C25H35F2N5O4/c26-19-14-18(28-21-3-4-22(33)29-25(21)36)15-20(27)24(19)32-12-10-31(11-13-32)16-17-5-8-30(9-6-17)7-1-2-23(34)35/h14-15,17,21,28H,1-13,16H2,(H,34,35)(H,29,33,36). The van der Waals surface area contributed by atoms with E-state index in [2.05, 4.69) is 20.4 Å². The van der Waals surface area contributed by atoms with Gasteiger partial charge in [0.05, 0.1) is 0 Å². The zero-order chi connectivity index (χ0) is 25.7. The smallest absolute Gasteiger partial charge is 0.303 e. The van der Waals surface area contributed by atoms with E-state index in [-0.39, 0.29) is 36.5 Å². The van der Waals surface area contributed by atoms with Crippen molar-refractivity contribution < 1.29 is 28.3 Å². The van der Waals surface area contributed by atoms with Gasteiger partial charge < -0.3 is 20.2 Å². The fourth-order valence-corrected chi connectivity index (χ4v) is 5.35. The first-order chi connectivity index (χ1) is 17.3. The first kappa shape index (κ1) is 26.3. The molecule has 3 saturated heterocycles. The number of piperazine rings is 1. The highest BCUT2D eigenvalue weighted by molar-refractivity contribution is 6.01. The number of carbonyl (C=O) groups excluding carboxylic acids is 2. The second-order valence-corrected chi connectivity index (χ2v) is 10.0. The summed E-state index contributed by atoms with van der Waals surface area (Å²) in [6.45, 7) is 6.29. The molecule has 4 rings (SSSR count). The molecule has 0 saturated carbocycles. The molecule has 0 radical (unpaired) electrons. The quantitative estimate of drug-likeness (QED) is 0.436. The SMILES string of the molecule is O=C(O)CCCN1CCC(CN2CCN(c3c(F)cc(NC4CCC(=O)NC4=O)cc3F)CC2)CC1. The van der Waals surface area contributed by atoms with Crippen LogP contribution in [0.1, 0.15) is 38.5 Å². The number of anilines is 2. The highest BCUT2D eigenvalue weighted by atomic mass is 19.1. The fraction of sp³-hybridized carbons (Fsp3) is 0.640. The van der Waals surface area contributed by atoms with Gasteiger partial charge >= 0.3 is 5.97 Å². The Morgan fingerprint density at radius 2 is 1.67 bits per heavy atom. The third-order valence-corrected chi connectivity index (χ3v) is 7.37. The lowest BCUT2D eigenvalue weighted by molar-refractivity contribution is -0.137. The summed E-state index contributed by atoms with van der Waals surface area (Å²) < 4.78 is 29.8. The molecular formula is C25H35F2N5O4. The molecular weight excluding hydrogens is 472 g/mol. The highest BCUT2D eigenvalue weighted by Gasteiger charge is 2.29. The Bertz CT molecular complexity index is 939. The first-order valence-corrected chi connectivity index (χ1v) is 12.8. The van der Waals surface area contributed by atoms with Crippen LogP contribution < -0.4 is 15.5 Å². The number of likely N-dealkylation sites (tertiary alicyclic amines) is 1. The summed E-state index contributed by atoms with van der Waals surface area (Å²) in [5, 5.41) is 13.8. The zero-order valence-corrected chi connectivity index (χ0v) is 20.5. The van der Waals surface area contributed by atoms with Gasteiger partial charge in [-0.1, -0.05) is 0 Å². The van der Waals surface area contributed by atoms with E-state index in [4.69, 9.17) is 5.11 Å². The van der Waals surface area contributed by atoms with Gasteiger partial charge in [-0.3, -0.25) is 24.6 Å². The van der Waals surface area contributed by atoms with Gasteiger partial charge in [-0.2, -0.15) is 0 Å². The van der Waals surface area contributed by atoms with Crippen LogP contribution >= 0.6 is 0 Å². The molecule has 0 aromatic heterocycles. The number of imide groups is 1. The molecule has 3 aliphatic rings. The van der Waals surface area contributed by atoms with Crippen molar-refractivity contribution in [3.63, 3.8) is 0 Å². The van der Waals surface area contributed by atoms with Crippen molar-refractivity contribution in [3.05, 3.63) is 23.8 Å². The van der Waals surface area contributed by atoms with Crippen molar-refractivity contribution in [3.8, 4) is 0 Å². The van der Waals surface area contributed by atoms with Crippen molar-refractivity contribution in [2.24, 2.45) is 5.92 Å². The van der Waals surface area contributed by atoms with Crippen LogP contribution in [0, 0.1) is 17.6 Å². The van der Waals surface area contributed by atoms with E-state index < -0.39 is 29.6 Å². The molecule has 1 unspecified atom stereocenters. The number of hydrogen-bond donors (Lipinski definition) is 3. The summed E-state index contributed by atoms with van der Waals surface area (Å²) in [6.07, 6.45) is 3.52. The fourth-order valence-electron chi connectivity index (χ4n) is 5.35. The van der Waals surface area contributed by atoms with Crippen molar-refractivity contribution >= 4 is 29.2 Å². The highest BCUT2D eigenvalue weighted by Crippen LogP contribution is 2.29. The number of aliphatic carboxylic acids is 1. The van der Waals surface area contributed by atoms with Crippen molar-refractivity contribution in [1.29, 1.82) is 0 Å². The van der Waals surface area contributed by atoms with E-state index in [9.17, 15) is 23.2 Å². The van der Waals surface area contributed by atoms with Gasteiger partial charge in [0.2, 0.25) is 11.8 Å². The number of nitrogens with zero attached hydrogens (tertiary/aromatic N) is 3. The van der Waals surface area contributed by atoms with Crippen LogP contribution in [0.3, 0.4) is 0 Å². The zero-order valence-electron chi connectivity index (χ0n) is 20.5. The lowest BCUT2D eigenvalue weighted by Gasteiger charge is -2.39. The average Bonchev–Trinajstić information content (AvgIpc) is 2.82. The summed E-state index contributed by atoms with van der Waals surface area (Å²) in [7, 11) is 0. The maximum Gasteiger partial charge on any atom is 0.303 e. The Morgan fingerprint density at radius 1 is 1.00 bits per heavy atom. The number of piperidine rings is 2. The summed E-state index contributed by atoms with van der Waals surface area (Å²) in [5.41, 5.74) is 0.134.